The number of nitrogens with one attached hydrogen (secondary N) is 4. The molecule has 16 nitrogen and oxygen atoms in total. The van der Waals surface area contributed by atoms with Gasteiger partial charge in [0.15, 0.2) is 0 Å². The van der Waals surface area contributed by atoms with Crippen LogP contribution in [0.5, 0.6) is 0 Å². The minimum atomic E-state index is -0.280. The molecule has 12 atom stereocenters. The molecule has 0 aromatic heterocycles. The van der Waals surface area contributed by atoms with Crippen molar-refractivity contribution in [3.8, 4) is 0 Å². The largest absolute Gasteiger partial charge is 0.373 e. The maximum atomic E-state index is 13.8. The van der Waals surface area contributed by atoms with Crippen LogP contribution in [0.1, 0.15) is 101 Å². The van der Waals surface area contributed by atoms with Crippen molar-refractivity contribution in [2.24, 2.45) is 23.7 Å². The Bertz CT molecular complexity index is 2580. The summed E-state index contributed by atoms with van der Waals surface area (Å²) < 4.78 is 12.7. The van der Waals surface area contributed by atoms with Crippen LogP contribution >= 0.6 is 0 Å². The Labute approximate surface area is 420 Å². The lowest BCUT2D eigenvalue weighted by molar-refractivity contribution is -0.133. The molecule has 72 heavy (non-hydrogen) atoms. The van der Waals surface area contributed by atoms with Crippen molar-refractivity contribution >= 4 is 58.2 Å². The lowest BCUT2D eigenvalue weighted by atomic mass is 9.53. The van der Waals surface area contributed by atoms with Gasteiger partial charge in [-0.3, -0.25) is 38.6 Å². The van der Waals surface area contributed by atoms with Gasteiger partial charge in [-0.1, -0.05) is 49.0 Å². The number of piperidine rings is 4. The molecule has 2 aliphatic carbocycles. The second-order valence-electron chi connectivity index (χ2n) is 23.3. The van der Waals surface area contributed by atoms with Crippen molar-refractivity contribution in [3.05, 3.63) is 70.8 Å². The van der Waals surface area contributed by atoms with Gasteiger partial charge in [0.25, 0.3) is 0 Å². The highest BCUT2D eigenvalue weighted by atomic mass is 16.5. The van der Waals surface area contributed by atoms with E-state index in [2.05, 4.69) is 65.2 Å². The minimum Gasteiger partial charge on any atom is -0.373 e. The van der Waals surface area contributed by atoms with Gasteiger partial charge in [0, 0.05) is 83.4 Å². The van der Waals surface area contributed by atoms with E-state index in [1.807, 2.05) is 24.3 Å². The minimum absolute atomic E-state index is 0.0602. The number of amides is 6. The normalized spacial score (nSPS) is 35.4. The Balaban J connectivity index is 0.503. The second kappa shape index (κ2) is 17.1. The molecule has 14 rings (SSSR count). The standard InChI is InChI=1S/C56H66N8O8/c65-45(57-27-47(67)59-33-9-11-39-37(21-33)55-15-17-61-29-31-13-19-71-41-25-49(69)63(39)53(55)51(41)35(31)23-43(55)61)7-5-3-1-2-4-6-8-46(66)58-28-48(68)60-34-10-12-40-38(22-34)56-16-18-62-30-32-14-20-72-42-26-50(70)64(40)54(56)52(42)36(32)24-44(56)62/h9-14,21-22,35-36,41-44,51-54H,1-8,15-20,23-30H2,(H,57,65)(H,58,66)(H,59,67)(H,60,68)/t35-,36-,41-,42-,43-,44-,51-,52-,53-,54-,55+,56+/m0/s1. The van der Waals surface area contributed by atoms with Crippen LogP contribution in [0.25, 0.3) is 0 Å². The summed E-state index contributed by atoms with van der Waals surface area (Å²) in [5.74, 6) is 0.818. The van der Waals surface area contributed by atoms with Crippen LogP contribution < -0.4 is 31.1 Å². The van der Waals surface area contributed by atoms with E-state index in [1.165, 1.54) is 22.3 Å². The predicted molar refractivity (Wildman–Crippen MR) is 267 cm³/mol. The van der Waals surface area contributed by atoms with Gasteiger partial charge in [-0.15, -0.1) is 0 Å². The van der Waals surface area contributed by atoms with E-state index >= 15 is 0 Å². The zero-order valence-electron chi connectivity index (χ0n) is 41.0. The first kappa shape index (κ1) is 45.2. The van der Waals surface area contributed by atoms with Crippen molar-refractivity contribution in [1.82, 2.24) is 20.4 Å². The third-order valence-electron chi connectivity index (χ3n) is 20.1. The number of benzene rings is 2. The Morgan fingerprint density at radius 2 is 1.03 bits per heavy atom. The molecule has 2 aromatic carbocycles. The van der Waals surface area contributed by atoms with Gasteiger partial charge in [-0.25, -0.2) is 0 Å². The SMILES string of the molecule is O=C(CCCCCCCCC(=O)NCC(=O)Nc1ccc2c(c1)[C@@]13CCN4CC5=CCO[C@H]6CC(=O)N2[C@H]1[C@H]6[C@H]5C[C@H]43)NCC(=O)Nc1ccc2c(c1)[C@@]13CCN4CC5=CCO[C@H]6CC(=O)N2[C@H]1[C@H]6[C@H]5C[C@H]43. The summed E-state index contributed by atoms with van der Waals surface area (Å²) in [4.78, 5) is 88.8. The molecule has 10 aliphatic heterocycles. The molecule has 0 unspecified atom stereocenters. The number of rotatable bonds is 15. The number of nitrogens with zero attached hydrogens (tertiary/aromatic N) is 4. The van der Waals surface area contributed by atoms with E-state index in [-0.39, 0.29) is 95.5 Å². The number of hydrogen-bond acceptors (Lipinski definition) is 10. The third kappa shape index (κ3) is 6.69. The molecule has 16 heteroatoms. The molecule has 0 radical (unpaired) electrons. The molecular formula is C56H66N8O8. The van der Waals surface area contributed by atoms with Crippen LogP contribution in [0, 0.1) is 23.7 Å². The molecule has 2 aromatic rings. The van der Waals surface area contributed by atoms with Gasteiger partial charge in [0.05, 0.1) is 63.4 Å². The van der Waals surface area contributed by atoms with E-state index in [1.54, 1.807) is 0 Å². The maximum Gasteiger partial charge on any atom is 0.243 e. The van der Waals surface area contributed by atoms with Crippen LogP contribution in [0.15, 0.2) is 59.7 Å². The number of carbonyl (C=O) groups excluding carboxylic acids is 6. The lowest BCUT2D eigenvalue weighted by Crippen LogP contribution is -2.69. The number of ether oxygens (including phenoxy) is 2. The van der Waals surface area contributed by atoms with Crippen molar-refractivity contribution < 1.29 is 38.2 Å². The highest BCUT2D eigenvalue weighted by molar-refractivity contribution is 6.02. The fourth-order valence-electron chi connectivity index (χ4n) is 17.5. The molecule has 8 fully saturated rings. The number of carbonyl (C=O) groups is 6. The van der Waals surface area contributed by atoms with Gasteiger partial charge in [0.2, 0.25) is 35.4 Å². The molecule has 10 heterocycles. The van der Waals surface area contributed by atoms with Crippen LogP contribution in [0.2, 0.25) is 0 Å². The molecule has 378 valence electrons. The van der Waals surface area contributed by atoms with Crippen molar-refractivity contribution in [1.29, 1.82) is 0 Å². The number of anilines is 4. The topological polar surface area (TPSA) is 182 Å². The molecule has 6 saturated heterocycles. The monoisotopic (exact) mass is 979 g/mol. The summed E-state index contributed by atoms with van der Waals surface area (Å²) in [6, 6.07) is 12.8. The lowest BCUT2D eigenvalue weighted by Gasteiger charge is -2.58. The summed E-state index contributed by atoms with van der Waals surface area (Å²) in [6.07, 6.45) is 15.1. The summed E-state index contributed by atoms with van der Waals surface area (Å²) in [7, 11) is 0. The molecule has 4 bridgehead atoms. The first-order valence-corrected chi connectivity index (χ1v) is 27.3. The molecule has 12 aliphatic rings. The van der Waals surface area contributed by atoms with Gasteiger partial charge >= 0.3 is 0 Å². The van der Waals surface area contributed by atoms with E-state index in [4.69, 9.17) is 9.47 Å². The summed E-state index contributed by atoms with van der Waals surface area (Å²) in [5.41, 5.74) is 8.28. The number of unbranched alkanes of at least 4 members (excludes halogenated alkanes) is 5. The molecule has 4 N–H and O–H groups in total. The first-order valence-electron chi connectivity index (χ1n) is 27.3. The maximum absolute atomic E-state index is 13.8. The highest BCUT2D eigenvalue weighted by Gasteiger charge is 2.73. The van der Waals surface area contributed by atoms with Crippen molar-refractivity contribution in [2.75, 3.05) is 72.9 Å². The second-order valence-corrected chi connectivity index (χ2v) is 23.3. The Hall–Kier alpha value is -5.42. The zero-order chi connectivity index (χ0) is 48.6. The average Bonchev–Trinajstić information content (AvgIpc) is 4.05. The van der Waals surface area contributed by atoms with E-state index < -0.39 is 0 Å². The quantitative estimate of drug-likeness (QED) is 0.147. The van der Waals surface area contributed by atoms with Crippen LogP contribution in [0.3, 0.4) is 0 Å². The summed E-state index contributed by atoms with van der Waals surface area (Å²) >= 11 is 0. The summed E-state index contributed by atoms with van der Waals surface area (Å²) in [6.45, 7) is 4.88. The Morgan fingerprint density at radius 3 is 1.49 bits per heavy atom. The van der Waals surface area contributed by atoms with Crippen LogP contribution in [0.4, 0.5) is 22.7 Å². The highest BCUT2D eigenvalue weighted by Crippen LogP contribution is 2.68. The van der Waals surface area contributed by atoms with Crippen molar-refractivity contribution in [3.63, 3.8) is 0 Å². The Kier molecular flexibility index (Phi) is 10.7. The first-order chi connectivity index (χ1) is 35.1. The average molecular weight is 979 g/mol. The fourth-order valence-corrected chi connectivity index (χ4v) is 17.5. The molecule has 6 amide bonds. The van der Waals surface area contributed by atoms with Gasteiger partial charge < -0.3 is 40.5 Å². The predicted octanol–water partition coefficient (Wildman–Crippen LogP) is 4.43. The molecular weight excluding hydrogens is 913 g/mol. The van der Waals surface area contributed by atoms with Gasteiger partial charge in [-0.05, 0) is 111 Å². The smallest absolute Gasteiger partial charge is 0.243 e. The number of fused-ring (bicyclic) bond motifs is 4. The van der Waals surface area contributed by atoms with Gasteiger partial charge in [0.1, 0.15) is 0 Å². The van der Waals surface area contributed by atoms with Crippen LogP contribution in [-0.4, -0.2) is 134 Å². The van der Waals surface area contributed by atoms with E-state index in [0.717, 1.165) is 88.9 Å². The van der Waals surface area contributed by atoms with Crippen LogP contribution in [-0.2, 0) is 49.1 Å². The fraction of sp³-hybridized carbons (Fsp3) is 0.607. The number of hydrogen-bond donors (Lipinski definition) is 4. The van der Waals surface area contributed by atoms with Gasteiger partial charge in [-0.2, -0.15) is 0 Å². The molecule has 2 saturated carbocycles. The van der Waals surface area contributed by atoms with Crippen molar-refractivity contribution in [2.45, 2.75) is 137 Å². The zero-order valence-corrected chi connectivity index (χ0v) is 41.0. The Morgan fingerprint density at radius 1 is 0.583 bits per heavy atom. The van der Waals surface area contributed by atoms with E-state index in [0.29, 0.717) is 87.0 Å². The van der Waals surface area contributed by atoms with E-state index in [9.17, 15) is 28.8 Å². The molecule has 2 spiro atoms. The third-order valence-corrected chi connectivity index (χ3v) is 20.1. The summed E-state index contributed by atoms with van der Waals surface area (Å²) in [5, 5.41) is 11.7.